The average Bonchev–Trinajstić information content (AvgIpc) is 2.32. The summed E-state index contributed by atoms with van der Waals surface area (Å²) < 4.78 is 13.0. The molecule has 0 aliphatic carbocycles. The van der Waals surface area contributed by atoms with Gasteiger partial charge in [-0.2, -0.15) is 0 Å². The van der Waals surface area contributed by atoms with Gasteiger partial charge in [0.05, 0.1) is 0 Å². The molecular weight excluding hydrogens is 233 g/mol. The summed E-state index contributed by atoms with van der Waals surface area (Å²) in [6.07, 6.45) is 0. The molecule has 0 bridgehead atoms. The number of halogens is 1. The molecule has 0 fully saturated rings. The first kappa shape index (κ1) is 12.1. The lowest BCUT2D eigenvalue weighted by Crippen LogP contribution is -2.13. The molecule has 0 aliphatic heterocycles. The van der Waals surface area contributed by atoms with Crippen molar-refractivity contribution in [3.8, 4) is 5.75 Å². The van der Waals surface area contributed by atoms with Crippen LogP contribution in [0.5, 0.6) is 5.75 Å². The van der Waals surface area contributed by atoms with E-state index in [1.165, 1.54) is 24.3 Å². The maximum absolute atomic E-state index is 13.0. The van der Waals surface area contributed by atoms with Crippen LogP contribution in [0.25, 0.3) is 0 Å². The van der Waals surface area contributed by atoms with Gasteiger partial charge in [-0.05, 0) is 37.3 Å². The number of carbonyl (C=O) groups is 1. The minimum atomic E-state index is -0.416. The molecule has 2 aromatic carbocycles. The number of benzene rings is 2. The van der Waals surface area contributed by atoms with Gasteiger partial charge in [0.2, 0.25) is 0 Å². The maximum atomic E-state index is 13.0. The Bertz CT molecular complexity index is 596. The molecule has 0 spiro atoms. The summed E-state index contributed by atoms with van der Waals surface area (Å²) >= 11 is 0. The molecular formula is C14H12FNO2. The van der Waals surface area contributed by atoms with Crippen molar-refractivity contribution in [3.05, 3.63) is 59.4 Å². The number of anilines is 1. The van der Waals surface area contributed by atoms with Crippen molar-refractivity contribution < 1.29 is 14.3 Å². The predicted molar refractivity (Wildman–Crippen MR) is 67.2 cm³/mol. The van der Waals surface area contributed by atoms with Crippen LogP contribution in [-0.2, 0) is 0 Å². The number of hydrogen-bond donors (Lipinski definition) is 2. The monoisotopic (exact) mass is 245 g/mol. The third-order valence-electron chi connectivity index (χ3n) is 2.63. The molecule has 0 saturated carbocycles. The fourth-order valence-electron chi connectivity index (χ4n) is 1.63. The number of rotatable bonds is 2. The molecule has 0 atom stereocenters. The smallest absolute Gasteiger partial charge is 0.256 e. The van der Waals surface area contributed by atoms with E-state index >= 15 is 0 Å². The predicted octanol–water partition coefficient (Wildman–Crippen LogP) is 3.09. The van der Waals surface area contributed by atoms with E-state index in [4.69, 9.17) is 0 Å². The number of hydrogen-bond acceptors (Lipinski definition) is 2. The van der Waals surface area contributed by atoms with Gasteiger partial charge in [-0.15, -0.1) is 0 Å². The second-order valence-corrected chi connectivity index (χ2v) is 3.91. The zero-order chi connectivity index (χ0) is 13.1. The molecule has 3 nitrogen and oxygen atoms in total. The van der Waals surface area contributed by atoms with E-state index in [2.05, 4.69) is 5.32 Å². The fourth-order valence-corrected chi connectivity index (χ4v) is 1.63. The van der Waals surface area contributed by atoms with Crippen LogP contribution in [0.15, 0.2) is 42.5 Å². The van der Waals surface area contributed by atoms with Crippen LogP contribution in [0, 0.1) is 12.7 Å². The molecule has 2 aromatic rings. The van der Waals surface area contributed by atoms with Gasteiger partial charge in [0, 0.05) is 16.8 Å². The summed E-state index contributed by atoms with van der Waals surface area (Å²) in [5.41, 5.74) is 1.23. The molecule has 0 saturated heterocycles. The van der Waals surface area contributed by atoms with Crippen molar-refractivity contribution in [1.82, 2.24) is 0 Å². The lowest BCUT2D eigenvalue weighted by molar-refractivity contribution is 0.102. The first-order chi connectivity index (χ1) is 8.58. The average molecular weight is 245 g/mol. The van der Waals surface area contributed by atoms with Crippen molar-refractivity contribution in [3.63, 3.8) is 0 Å². The van der Waals surface area contributed by atoms with Crippen molar-refractivity contribution in [2.75, 3.05) is 5.32 Å². The van der Waals surface area contributed by atoms with E-state index in [1.807, 2.05) is 0 Å². The Hall–Kier alpha value is -2.36. The third kappa shape index (κ3) is 2.48. The molecule has 2 N–H and O–H groups in total. The van der Waals surface area contributed by atoms with Crippen molar-refractivity contribution >= 4 is 11.6 Å². The SMILES string of the molecule is Cc1c(O)cccc1C(=O)Nc1cccc(F)c1. The van der Waals surface area contributed by atoms with Gasteiger partial charge >= 0.3 is 0 Å². The van der Waals surface area contributed by atoms with Crippen LogP contribution >= 0.6 is 0 Å². The van der Waals surface area contributed by atoms with Gasteiger partial charge in [0.15, 0.2) is 0 Å². The second kappa shape index (κ2) is 4.87. The minimum absolute atomic E-state index is 0.0573. The zero-order valence-corrected chi connectivity index (χ0v) is 9.77. The topological polar surface area (TPSA) is 49.3 Å². The number of nitrogens with one attached hydrogen (secondary N) is 1. The van der Waals surface area contributed by atoms with E-state index in [0.29, 0.717) is 16.8 Å². The Balaban J connectivity index is 2.25. The molecule has 2 rings (SSSR count). The Morgan fingerprint density at radius 2 is 1.94 bits per heavy atom. The zero-order valence-electron chi connectivity index (χ0n) is 9.77. The van der Waals surface area contributed by atoms with Crippen LogP contribution in [0.3, 0.4) is 0 Å². The van der Waals surface area contributed by atoms with E-state index in [-0.39, 0.29) is 11.7 Å². The van der Waals surface area contributed by atoms with Crippen molar-refractivity contribution in [1.29, 1.82) is 0 Å². The highest BCUT2D eigenvalue weighted by atomic mass is 19.1. The summed E-state index contributed by atoms with van der Waals surface area (Å²) in [4.78, 5) is 12.0. The van der Waals surface area contributed by atoms with Crippen LogP contribution in [0.4, 0.5) is 10.1 Å². The Morgan fingerprint density at radius 3 is 2.67 bits per heavy atom. The fraction of sp³-hybridized carbons (Fsp3) is 0.0714. The number of aromatic hydroxyl groups is 1. The Kier molecular flexibility index (Phi) is 3.28. The molecule has 18 heavy (non-hydrogen) atoms. The van der Waals surface area contributed by atoms with Gasteiger partial charge in [-0.1, -0.05) is 12.1 Å². The second-order valence-electron chi connectivity index (χ2n) is 3.91. The maximum Gasteiger partial charge on any atom is 0.256 e. The summed E-state index contributed by atoms with van der Waals surface area (Å²) in [6, 6.07) is 10.3. The van der Waals surface area contributed by atoms with Crippen LogP contribution in [0.2, 0.25) is 0 Å². The van der Waals surface area contributed by atoms with Gasteiger partial charge < -0.3 is 10.4 Å². The third-order valence-corrected chi connectivity index (χ3v) is 2.63. The van der Waals surface area contributed by atoms with Gasteiger partial charge in [0.25, 0.3) is 5.91 Å². The number of phenolic OH excluding ortho intramolecular Hbond substituents is 1. The van der Waals surface area contributed by atoms with Crippen molar-refractivity contribution in [2.45, 2.75) is 6.92 Å². The Labute approximate surface area is 104 Å². The highest BCUT2D eigenvalue weighted by Gasteiger charge is 2.11. The quantitative estimate of drug-likeness (QED) is 0.854. The summed E-state index contributed by atoms with van der Waals surface area (Å²) in [6.45, 7) is 1.65. The molecule has 0 aromatic heterocycles. The lowest BCUT2D eigenvalue weighted by Gasteiger charge is -2.08. The highest BCUT2D eigenvalue weighted by molar-refractivity contribution is 6.05. The number of amides is 1. The van der Waals surface area contributed by atoms with Gasteiger partial charge in [-0.3, -0.25) is 4.79 Å². The first-order valence-electron chi connectivity index (χ1n) is 5.43. The summed E-state index contributed by atoms with van der Waals surface area (Å²) in [5.74, 6) is -0.740. The molecule has 0 aliphatic rings. The summed E-state index contributed by atoms with van der Waals surface area (Å²) in [5, 5.41) is 12.1. The molecule has 0 heterocycles. The van der Waals surface area contributed by atoms with E-state index in [0.717, 1.165) is 0 Å². The van der Waals surface area contributed by atoms with Crippen molar-refractivity contribution in [2.24, 2.45) is 0 Å². The van der Waals surface area contributed by atoms with Crippen LogP contribution < -0.4 is 5.32 Å². The lowest BCUT2D eigenvalue weighted by atomic mass is 10.1. The number of phenols is 1. The summed E-state index contributed by atoms with van der Waals surface area (Å²) in [7, 11) is 0. The molecule has 0 radical (unpaired) electrons. The van der Waals surface area contributed by atoms with E-state index in [1.54, 1.807) is 25.1 Å². The largest absolute Gasteiger partial charge is 0.508 e. The minimum Gasteiger partial charge on any atom is -0.508 e. The van der Waals surface area contributed by atoms with E-state index in [9.17, 15) is 14.3 Å². The Morgan fingerprint density at radius 1 is 1.22 bits per heavy atom. The molecule has 0 unspecified atom stereocenters. The van der Waals surface area contributed by atoms with Gasteiger partial charge in [-0.25, -0.2) is 4.39 Å². The number of carbonyl (C=O) groups excluding carboxylic acids is 1. The van der Waals surface area contributed by atoms with Crippen LogP contribution in [-0.4, -0.2) is 11.0 Å². The normalized spacial score (nSPS) is 10.1. The highest BCUT2D eigenvalue weighted by Crippen LogP contribution is 2.20. The molecule has 92 valence electrons. The standard InChI is InChI=1S/C14H12FNO2/c1-9-12(6-3-7-13(9)17)14(18)16-11-5-2-4-10(15)8-11/h2-8,17H,1H3,(H,16,18). The molecule has 1 amide bonds. The van der Waals surface area contributed by atoms with E-state index < -0.39 is 5.82 Å². The first-order valence-corrected chi connectivity index (χ1v) is 5.43. The van der Waals surface area contributed by atoms with Crippen LogP contribution in [0.1, 0.15) is 15.9 Å². The molecule has 4 heteroatoms. The van der Waals surface area contributed by atoms with Gasteiger partial charge in [0.1, 0.15) is 11.6 Å².